The molecule has 8 unspecified atom stereocenters. The summed E-state index contributed by atoms with van der Waals surface area (Å²) in [6.07, 6.45) is 2.14. The summed E-state index contributed by atoms with van der Waals surface area (Å²) in [7, 11) is 0. The van der Waals surface area contributed by atoms with Gasteiger partial charge in [0.1, 0.15) is 11.7 Å². The normalized spacial score (nSPS) is 57.8. The molecule has 7 aliphatic rings. The second-order valence-electron chi connectivity index (χ2n) is 8.11. The zero-order valence-corrected chi connectivity index (χ0v) is 13.0. The second-order valence-corrected chi connectivity index (χ2v) is 8.11. The largest absolute Gasteiger partial charge is 0.459 e. The van der Waals surface area contributed by atoms with Crippen LogP contribution in [0.5, 0.6) is 0 Å². The van der Waals surface area contributed by atoms with Crippen molar-refractivity contribution < 1.29 is 24.2 Å². The Morgan fingerprint density at radius 2 is 2.09 bits per heavy atom. The van der Waals surface area contributed by atoms with Gasteiger partial charge in [-0.05, 0) is 31.4 Å². The van der Waals surface area contributed by atoms with E-state index >= 15 is 0 Å². The molecule has 5 nitrogen and oxygen atoms in total. The number of ether oxygens (including phenoxy) is 2. The molecule has 4 bridgehead atoms. The Labute approximate surface area is 133 Å². The van der Waals surface area contributed by atoms with Gasteiger partial charge < -0.3 is 14.6 Å². The number of hydrogen-bond donors (Lipinski definition) is 1. The van der Waals surface area contributed by atoms with Crippen LogP contribution in [0.1, 0.15) is 26.7 Å². The fourth-order valence-corrected chi connectivity index (χ4v) is 6.87. The summed E-state index contributed by atoms with van der Waals surface area (Å²) in [5.41, 5.74) is 0.224. The first-order valence-corrected chi connectivity index (χ1v) is 8.48. The summed E-state index contributed by atoms with van der Waals surface area (Å²) in [4.78, 5) is 25.2. The highest BCUT2D eigenvalue weighted by Gasteiger charge is 2.83. The van der Waals surface area contributed by atoms with Gasteiger partial charge in [-0.3, -0.25) is 9.59 Å². The number of fused-ring (bicyclic) bond motifs is 2. The van der Waals surface area contributed by atoms with Gasteiger partial charge in [-0.2, -0.15) is 0 Å². The Morgan fingerprint density at radius 3 is 2.87 bits per heavy atom. The van der Waals surface area contributed by atoms with Crippen LogP contribution in [0.15, 0.2) is 22.8 Å². The van der Waals surface area contributed by atoms with Crippen molar-refractivity contribution in [1.82, 2.24) is 0 Å². The van der Waals surface area contributed by atoms with Gasteiger partial charge in [0, 0.05) is 28.9 Å². The van der Waals surface area contributed by atoms with Crippen LogP contribution in [0.3, 0.4) is 0 Å². The van der Waals surface area contributed by atoms with E-state index in [2.05, 4.69) is 6.92 Å². The second kappa shape index (κ2) is 3.33. The van der Waals surface area contributed by atoms with E-state index in [0.717, 1.165) is 11.1 Å². The average Bonchev–Trinajstić information content (AvgIpc) is 2.95. The minimum Gasteiger partial charge on any atom is -0.459 e. The van der Waals surface area contributed by atoms with Crippen LogP contribution in [-0.4, -0.2) is 40.8 Å². The molecule has 1 N–H and O–H groups in total. The third-order valence-electron chi connectivity index (χ3n) is 7.75. The van der Waals surface area contributed by atoms with Crippen molar-refractivity contribution in [3.05, 3.63) is 22.8 Å². The van der Waals surface area contributed by atoms with Crippen molar-refractivity contribution in [2.45, 2.75) is 50.6 Å². The molecule has 3 heterocycles. The molecular weight excluding hydrogens is 296 g/mol. The molecule has 120 valence electrons. The summed E-state index contributed by atoms with van der Waals surface area (Å²) in [6, 6.07) is 0. The number of aliphatic hydroxyl groups is 1. The quantitative estimate of drug-likeness (QED) is 0.673. The molecule has 0 aromatic carbocycles. The lowest BCUT2D eigenvalue weighted by Gasteiger charge is -2.61. The zero-order valence-electron chi connectivity index (χ0n) is 13.0. The Hall–Kier alpha value is -1.46. The van der Waals surface area contributed by atoms with Gasteiger partial charge in [0.2, 0.25) is 0 Å². The zero-order chi connectivity index (χ0) is 15.9. The van der Waals surface area contributed by atoms with Crippen LogP contribution in [0.2, 0.25) is 0 Å². The SMILES string of the molecule is CC1=C2C3OC4C5OC(=O)C6(CCC(=CC1=O)C2(O)C6C35)C4C. The number of esters is 1. The molecule has 3 saturated carbocycles. The van der Waals surface area contributed by atoms with E-state index in [4.69, 9.17) is 9.47 Å². The molecule has 23 heavy (non-hydrogen) atoms. The summed E-state index contributed by atoms with van der Waals surface area (Å²) in [5, 5.41) is 11.8. The molecular formula is C18H18O5. The highest BCUT2D eigenvalue weighted by atomic mass is 16.6. The van der Waals surface area contributed by atoms with Crippen molar-refractivity contribution in [3.63, 3.8) is 0 Å². The highest BCUT2D eigenvalue weighted by molar-refractivity contribution is 6.07. The van der Waals surface area contributed by atoms with Gasteiger partial charge in [0.15, 0.2) is 5.78 Å². The average molecular weight is 314 g/mol. The standard InChI is InChI=1S/C18H18O5/c1-6-9(19)5-8-3-4-17-7(2)12-14(23-16(17)20)10-13(22-12)11(6)18(8,21)15(10)17/h5,7,10,12-15,21H,3-4H2,1-2H3. The number of ketones is 1. The lowest BCUT2D eigenvalue weighted by Crippen LogP contribution is -2.70. The molecule has 4 aliphatic carbocycles. The van der Waals surface area contributed by atoms with Crippen LogP contribution in [0, 0.1) is 23.2 Å². The Bertz CT molecular complexity index is 778. The number of hydrogen-bond acceptors (Lipinski definition) is 5. The predicted octanol–water partition coefficient (Wildman–Crippen LogP) is 0.912. The van der Waals surface area contributed by atoms with Gasteiger partial charge in [0.25, 0.3) is 0 Å². The molecule has 3 saturated heterocycles. The molecule has 5 heteroatoms. The van der Waals surface area contributed by atoms with Crippen LogP contribution in [0.4, 0.5) is 0 Å². The third-order valence-corrected chi connectivity index (χ3v) is 7.75. The van der Waals surface area contributed by atoms with E-state index in [-0.39, 0.29) is 47.8 Å². The van der Waals surface area contributed by atoms with Crippen LogP contribution >= 0.6 is 0 Å². The van der Waals surface area contributed by atoms with Crippen molar-refractivity contribution in [2.75, 3.05) is 0 Å². The van der Waals surface area contributed by atoms with E-state index in [1.165, 1.54) is 0 Å². The lowest BCUT2D eigenvalue weighted by molar-refractivity contribution is -0.243. The van der Waals surface area contributed by atoms with Gasteiger partial charge in [-0.25, -0.2) is 0 Å². The number of rotatable bonds is 0. The molecule has 8 atom stereocenters. The maximum Gasteiger partial charge on any atom is 0.313 e. The number of carbonyl (C=O) groups is 2. The first kappa shape index (κ1) is 12.9. The fourth-order valence-electron chi connectivity index (χ4n) is 6.87. The Balaban J connectivity index is 1.73. The summed E-state index contributed by atoms with van der Waals surface area (Å²) in [5.74, 6) is -0.378. The summed E-state index contributed by atoms with van der Waals surface area (Å²) in [6.45, 7) is 3.84. The van der Waals surface area contributed by atoms with Crippen LogP contribution in [0.25, 0.3) is 0 Å². The smallest absolute Gasteiger partial charge is 0.313 e. The van der Waals surface area contributed by atoms with E-state index < -0.39 is 11.0 Å². The molecule has 3 aliphatic heterocycles. The molecule has 0 aromatic rings. The molecule has 0 amide bonds. The van der Waals surface area contributed by atoms with E-state index in [1.54, 1.807) is 13.0 Å². The van der Waals surface area contributed by atoms with Crippen LogP contribution in [-0.2, 0) is 19.1 Å². The highest BCUT2D eigenvalue weighted by Crippen LogP contribution is 2.74. The minimum atomic E-state index is -1.19. The number of allylic oxidation sites excluding steroid dienone is 2. The van der Waals surface area contributed by atoms with Gasteiger partial charge >= 0.3 is 5.97 Å². The molecule has 7 rings (SSSR count). The maximum atomic E-state index is 12.8. The third kappa shape index (κ3) is 0.988. The fraction of sp³-hybridized carbons (Fsp3) is 0.667. The molecule has 0 aromatic heterocycles. The van der Waals surface area contributed by atoms with Crippen molar-refractivity contribution in [1.29, 1.82) is 0 Å². The van der Waals surface area contributed by atoms with Gasteiger partial charge in [-0.15, -0.1) is 0 Å². The van der Waals surface area contributed by atoms with E-state index in [1.807, 2.05) is 0 Å². The molecule has 6 fully saturated rings. The summed E-state index contributed by atoms with van der Waals surface area (Å²) < 4.78 is 12.1. The topological polar surface area (TPSA) is 72.8 Å². The van der Waals surface area contributed by atoms with Crippen molar-refractivity contribution >= 4 is 11.8 Å². The molecule has 0 radical (unpaired) electrons. The van der Waals surface area contributed by atoms with E-state index in [0.29, 0.717) is 18.4 Å². The van der Waals surface area contributed by atoms with Crippen LogP contribution < -0.4 is 0 Å². The predicted molar refractivity (Wildman–Crippen MR) is 77.1 cm³/mol. The molecule has 1 spiro atoms. The monoisotopic (exact) mass is 314 g/mol. The van der Waals surface area contributed by atoms with E-state index in [9.17, 15) is 14.7 Å². The van der Waals surface area contributed by atoms with Gasteiger partial charge in [-0.1, -0.05) is 6.92 Å². The van der Waals surface area contributed by atoms with Crippen molar-refractivity contribution in [2.24, 2.45) is 23.2 Å². The Morgan fingerprint density at radius 1 is 1.30 bits per heavy atom. The lowest BCUT2D eigenvalue weighted by atomic mass is 9.46. The van der Waals surface area contributed by atoms with Gasteiger partial charge in [0.05, 0.1) is 17.6 Å². The first-order chi connectivity index (χ1) is 10.9. The Kier molecular flexibility index (Phi) is 1.87. The number of carbonyl (C=O) groups excluding carboxylic acids is 2. The summed E-state index contributed by atoms with van der Waals surface area (Å²) >= 11 is 0. The minimum absolute atomic E-state index is 0.0153. The first-order valence-electron chi connectivity index (χ1n) is 8.48. The maximum absolute atomic E-state index is 12.8. The van der Waals surface area contributed by atoms with Crippen molar-refractivity contribution in [3.8, 4) is 0 Å².